The van der Waals surface area contributed by atoms with Crippen LogP contribution >= 0.6 is 0 Å². The molecule has 3 fully saturated rings. The van der Waals surface area contributed by atoms with Gasteiger partial charge in [-0.15, -0.1) is 0 Å². The molecule has 1 aliphatic carbocycles. The second kappa shape index (κ2) is 6.03. The van der Waals surface area contributed by atoms with Crippen LogP contribution in [0.2, 0.25) is 0 Å². The fraction of sp³-hybridized carbons (Fsp3) is 0.765. The third kappa shape index (κ3) is 2.78. The van der Waals surface area contributed by atoms with E-state index in [0.29, 0.717) is 17.9 Å². The summed E-state index contributed by atoms with van der Waals surface area (Å²) in [5.41, 5.74) is 7.19. The molecule has 3 N–H and O–H groups in total. The number of nitrogens with one attached hydrogen (secondary N) is 1. The Hall–Kier alpha value is -1.36. The van der Waals surface area contributed by atoms with Gasteiger partial charge in [0.05, 0.1) is 5.69 Å². The highest BCUT2D eigenvalue weighted by Gasteiger charge is 2.35. The Morgan fingerprint density at radius 2 is 1.91 bits per heavy atom. The first-order valence-electron chi connectivity index (χ1n) is 8.92. The molecule has 5 heteroatoms. The Morgan fingerprint density at radius 3 is 2.73 bits per heavy atom. The van der Waals surface area contributed by atoms with Crippen molar-refractivity contribution in [2.24, 2.45) is 5.92 Å². The summed E-state index contributed by atoms with van der Waals surface area (Å²) in [6, 6.07) is 2.84. The maximum absolute atomic E-state index is 6.02. The topological polar surface area (TPSA) is 67.1 Å². The predicted molar refractivity (Wildman–Crippen MR) is 89.0 cm³/mol. The molecule has 0 radical (unpaired) electrons. The van der Waals surface area contributed by atoms with Crippen molar-refractivity contribution >= 4 is 11.8 Å². The monoisotopic (exact) mass is 301 g/mol. The highest BCUT2D eigenvalue weighted by Crippen LogP contribution is 2.34. The van der Waals surface area contributed by atoms with E-state index < -0.39 is 0 Å². The van der Waals surface area contributed by atoms with Crippen molar-refractivity contribution in [1.82, 2.24) is 15.3 Å². The largest absolute Gasteiger partial charge is 0.368 e. The van der Waals surface area contributed by atoms with Crippen LogP contribution in [0.1, 0.15) is 56.6 Å². The van der Waals surface area contributed by atoms with Gasteiger partial charge in [0.2, 0.25) is 5.95 Å². The molecule has 5 nitrogen and oxygen atoms in total. The van der Waals surface area contributed by atoms with Crippen LogP contribution in [0.4, 0.5) is 11.8 Å². The van der Waals surface area contributed by atoms with Crippen LogP contribution in [0.15, 0.2) is 6.07 Å². The quantitative estimate of drug-likeness (QED) is 0.877. The predicted octanol–water partition coefficient (Wildman–Crippen LogP) is 2.29. The van der Waals surface area contributed by atoms with Gasteiger partial charge in [0.15, 0.2) is 0 Å². The summed E-state index contributed by atoms with van der Waals surface area (Å²) in [6.07, 6.45) is 9.15. The van der Waals surface area contributed by atoms with E-state index in [0.717, 1.165) is 31.4 Å². The number of piperidine rings is 1. The van der Waals surface area contributed by atoms with Crippen LogP contribution in [0, 0.1) is 5.92 Å². The fourth-order valence-corrected chi connectivity index (χ4v) is 4.47. The molecule has 3 heterocycles. The Bertz CT molecular complexity index is 512. The minimum atomic E-state index is 0.445. The molecule has 0 bridgehead atoms. The number of fused-ring (bicyclic) bond motifs is 1. The van der Waals surface area contributed by atoms with Gasteiger partial charge in [0.25, 0.3) is 0 Å². The Labute approximate surface area is 132 Å². The van der Waals surface area contributed by atoms with Crippen molar-refractivity contribution in [3.8, 4) is 0 Å². The van der Waals surface area contributed by atoms with Gasteiger partial charge in [0, 0.05) is 31.1 Å². The molecule has 2 aliphatic heterocycles. The Balaban J connectivity index is 1.55. The number of nitrogen functional groups attached to an aromatic ring is 1. The SMILES string of the molecule is Nc1nc(C2CCCCC2)cc(N2CC3NCCC[C@@H]3C2)n1. The molecule has 1 saturated carbocycles. The van der Waals surface area contributed by atoms with Crippen molar-refractivity contribution in [3.63, 3.8) is 0 Å². The van der Waals surface area contributed by atoms with Gasteiger partial charge in [-0.1, -0.05) is 19.3 Å². The van der Waals surface area contributed by atoms with Crippen molar-refractivity contribution in [2.45, 2.75) is 56.9 Å². The highest BCUT2D eigenvalue weighted by molar-refractivity contribution is 5.46. The molecule has 4 rings (SSSR count). The number of rotatable bonds is 2. The molecule has 1 unspecified atom stereocenters. The van der Waals surface area contributed by atoms with Gasteiger partial charge in [-0.3, -0.25) is 0 Å². The van der Waals surface area contributed by atoms with Crippen LogP contribution in [0.3, 0.4) is 0 Å². The summed E-state index contributed by atoms with van der Waals surface area (Å²) in [5, 5.41) is 3.66. The van der Waals surface area contributed by atoms with Crippen LogP contribution in [0.25, 0.3) is 0 Å². The van der Waals surface area contributed by atoms with Crippen LogP contribution < -0.4 is 16.0 Å². The lowest BCUT2D eigenvalue weighted by molar-refractivity contribution is 0.340. The summed E-state index contributed by atoms with van der Waals surface area (Å²) < 4.78 is 0. The normalized spacial score (nSPS) is 29.5. The van der Waals surface area contributed by atoms with E-state index >= 15 is 0 Å². The number of nitrogens with zero attached hydrogens (tertiary/aromatic N) is 3. The van der Waals surface area contributed by atoms with E-state index in [1.807, 2.05) is 0 Å². The molecule has 1 aromatic rings. The first-order valence-corrected chi connectivity index (χ1v) is 8.92. The highest BCUT2D eigenvalue weighted by atomic mass is 15.3. The molecular formula is C17H27N5. The number of hydrogen-bond donors (Lipinski definition) is 2. The number of nitrogens with two attached hydrogens (primary N) is 1. The number of hydrogen-bond acceptors (Lipinski definition) is 5. The molecular weight excluding hydrogens is 274 g/mol. The molecule has 120 valence electrons. The average Bonchev–Trinajstić information content (AvgIpc) is 2.99. The van der Waals surface area contributed by atoms with E-state index in [9.17, 15) is 0 Å². The smallest absolute Gasteiger partial charge is 0.222 e. The van der Waals surface area contributed by atoms with E-state index in [1.165, 1.54) is 50.6 Å². The Morgan fingerprint density at radius 1 is 1.05 bits per heavy atom. The third-order valence-corrected chi connectivity index (χ3v) is 5.70. The Kier molecular flexibility index (Phi) is 3.90. The standard InChI is InChI=1S/C17H27N5/c18-17-20-14(12-5-2-1-3-6-12)9-16(21-17)22-10-13-7-4-8-19-15(13)11-22/h9,12-13,15,19H,1-8,10-11H2,(H2,18,20,21)/t13-,15?/m1/s1. The maximum Gasteiger partial charge on any atom is 0.222 e. The number of aromatic nitrogens is 2. The van der Waals surface area contributed by atoms with Gasteiger partial charge in [0.1, 0.15) is 5.82 Å². The third-order valence-electron chi connectivity index (χ3n) is 5.70. The van der Waals surface area contributed by atoms with Crippen molar-refractivity contribution < 1.29 is 0 Å². The minimum Gasteiger partial charge on any atom is -0.368 e. The van der Waals surface area contributed by atoms with E-state index in [1.54, 1.807) is 0 Å². The van der Waals surface area contributed by atoms with E-state index in [4.69, 9.17) is 5.73 Å². The molecule has 0 spiro atoms. The first kappa shape index (κ1) is 14.2. The molecule has 3 aliphatic rings. The van der Waals surface area contributed by atoms with Gasteiger partial charge < -0.3 is 16.0 Å². The first-order chi connectivity index (χ1) is 10.8. The molecule has 2 atom stereocenters. The van der Waals surface area contributed by atoms with E-state index in [2.05, 4.69) is 26.3 Å². The zero-order valence-electron chi connectivity index (χ0n) is 13.3. The second-order valence-electron chi connectivity index (χ2n) is 7.21. The second-order valence-corrected chi connectivity index (χ2v) is 7.21. The summed E-state index contributed by atoms with van der Waals surface area (Å²) in [5.74, 6) is 2.84. The lowest BCUT2D eigenvalue weighted by Crippen LogP contribution is -2.40. The van der Waals surface area contributed by atoms with Crippen LogP contribution in [-0.2, 0) is 0 Å². The maximum atomic E-state index is 6.02. The molecule has 1 aromatic heterocycles. The zero-order valence-corrected chi connectivity index (χ0v) is 13.3. The fourth-order valence-electron chi connectivity index (χ4n) is 4.47. The van der Waals surface area contributed by atoms with Crippen molar-refractivity contribution in [3.05, 3.63) is 11.8 Å². The van der Waals surface area contributed by atoms with Gasteiger partial charge in [-0.25, -0.2) is 4.98 Å². The van der Waals surface area contributed by atoms with E-state index in [-0.39, 0.29) is 0 Å². The van der Waals surface area contributed by atoms with Crippen LogP contribution in [-0.4, -0.2) is 35.6 Å². The van der Waals surface area contributed by atoms with Crippen LogP contribution in [0.5, 0.6) is 0 Å². The van der Waals surface area contributed by atoms with Gasteiger partial charge >= 0.3 is 0 Å². The molecule has 2 saturated heterocycles. The summed E-state index contributed by atoms with van der Waals surface area (Å²) in [6.45, 7) is 3.33. The molecule has 0 amide bonds. The summed E-state index contributed by atoms with van der Waals surface area (Å²) >= 11 is 0. The van der Waals surface area contributed by atoms with Crippen molar-refractivity contribution in [1.29, 1.82) is 0 Å². The van der Waals surface area contributed by atoms with Gasteiger partial charge in [-0.2, -0.15) is 4.98 Å². The minimum absolute atomic E-state index is 0.445. The lowest BCUT2D eigenvalue weighted by atomic mass is 9.87. The van der Waals surface area contributed by atoms with Gasteiger partial charge in [-0.05, 0) is 38.1 Å². The summed E-state index contributed by atoms with van der Waals surface area (Å²) in [4.78, 5) is 11.5. The van der Waals surface area contributed by atoms with Crippen molar-refractivity contribution in [2.75, 3.05) is 30.3 Å². The molecule has 22 heavy (non-hydrogen) atoms. The molecule has 0 aromatic carbocycles. The summed E-state index contributed by atoms with van der Waals surface area (Å²) in [7, 11) is 0. The average molecular weight is 301 g/mol. The lowest BCUT2D eigenvalue weighted by Gasteiger charge is -2.24. The number of anilines is 2. The zero-order chi connectivity index (χ0) is 14.9.